The van der Waals surface area contributed by atoms with E-state index in [1.165, 1.54) is 12.1 Å². The van der Waals surface area contributed by atoms with Crippen LogP contribution < -0.4 is 4.74 Å². The van der Waals surface area contributed by atoms with E-state index in [2.05, 4.69) is 4.90 Å². The first kappa shape index (κ1) is 12.8. The van der Waals surface area contributed by atoms with Gasteiger partial charge in [-0.1, -0.05) is 0 Å². The number of aliphatic carboxylic acids is 1. The molecule has 0 spiro atoms. The van der Waals surface area contributed by atoms with E-state index in [4.69, 9.17) is 9.84 Å². The molecular formula is C13H16FNO3. The molecule has 5 heteroatoms. The van der Waals surface area contributed by atoms with Gasteiger partial charge in [-0.05, 0) is 37.2 Å². The molecule has 2 rings (SSSR count). The molecule has 0 bridgehead atoms. The lowest BCUT2D eigenvalue weighted by Crippen LogP contribution is -2.27. The first-order valence-electron chi connectivity index (χ1n) is 5.98. The zero-order valence-corrected chi connectivity index (χ0v) is 10.0. The van der Waals surface area contributed by atoms with Crippen molar-refractivity contribution in [3.05, 3.63) is 30.1 Å². The maximum atomic E-state index is 12.7. The van der Waals surface area contributed by atoms with Gasteiger partial charge in [-0.25, -0.2) is 4.39 Å². The second-order valence-electron chi connectivity index (χ2n) is 4.43. The van der Waals surface area contributed by atoms with Crippen molar-refractivity contribution in [2.75, 3.05) is 26.2 Å². The van der Waals surface area contributed by atoms with Crippen LogP contribution in [0, 0.1) is 11.7 Å². The van der Waals surface area contributed by atoms with Crippen molar-refractivity contribution in [3.8, 4) is 5.75 Å². The van der Waals surface area contributed by atoms with Crippen LogP contribution in [-0.2, 0) is 4.79 Å². The van der Waals surface area contributed by atoms with E-state index in [9.17, 15) is 9.18 Å². The van der Waals surface area contributed by atoms with Gasteiger partial charge in [-0.3, -0.25) is 9.69 Å². The highest BCUT2D eigenvalue weighted by molar-refractivity contribution is 5.70. The summed E-state index contributed by atoms with van der Waals surface area (Å²) < 4.78 is 18.1. The Morgan fingerprint density at radius 2 is 2.17 bits per heavy atom. The Morgan fingerprint density at radius 3 is 2.78 bits per heavy atom. The summed E-state index contributed by atoms with van der Waals surface area (Å²) >= 11 is 0. The third-order valence-corrected chi connectivity index (χ3v) is 3.11. The molecule has 0 aromatic heterocycles. The van der Waals surface area contributed by atoms with Gasteiger partial charge >= 0.3 is 5.97 Å². The number of nitrogens with zero attached hydrogens (tertiary/aromatic N) is 1. The molecule has 1 saturated heterocycles. The van der Waals surface area contributed by atoms with Crippen LogP contribution in [0.25, 0.3) is 0 Å². The van der Waals surface area contributed by atoms with Crippen molar-refractivity contribution in [2.24, 2.45) is 5.92 Å². The molecule has 18 heavy (non-hydrogen) atoms. The van der Waals surface area contributed by atoms with Gasteiger partial charge in [0.2, 0.25) is 0 Å². The molecule has 0 saturated carbocycles. The molecule has 0 radical (unpaired) electrons. The fourth-order valence-electron chi connectivity index (χ4n) is 2.06. The Hall–Kier alpha value is -1.62. The number of hydrogen-bond acceptors (Lipinski definition) is 3. The van der Waals surface area contributed by atoms with Crippen molar-refractivity contribution in [2.45, 2.75) is 6.42 Å². The van der Waals surface area contributed by atoms with Gasteiger partial charge in [-0.15, -0.1) is 0 Å². The highest BCUT2D eigenvalue weighted by Crippen LogP contribution is 2.16. The second kappa shape index (κ2) is 5.82. The van der Waals surface area contributed by atoms with E-state index in [1.54, 1.807) is 12.1 Å². The molecule has 1 aliphatic heterocycles. The zero-order valence-electron chi connectivity index (χ0n) is 10.0. The van der Waals surface area contributed by atoms with Crippen LogP contribution in [0.3, 0.4) is 0 Å². The summed E-state index contributed by atoms with van der Waals surface area (Å²) in [7, 11) is 0. The highest BCUT2D eigenvalue weighted by atomic mass is 19.1. The van der Waals surface area contributed by atoms with Crippen LogP contribution in [0.2, 0.25) is 0 Å². The number of rotatable bonds is 5. The topological polar surface area (TPSA) is 49.8 Å². The van der Waals surface area contributed by atoms with Gasteiger partial charge in [0, 0.05) is 13.1 Å². The average molecular weight is 253 g/mol. The Balaban J connectivity index is 1.70. The lowest BCUT2D eigenvalue weighted by molar-refractivity contribution is -0.141. The molecule has 1 N–H and O–H groups in total. The van der Waals surface area contributed by atoms with E-state index in [0.29, 0.717) is 31.9 Å². The summed E-state index contributed by atoms with van der Waals surface area (Å²) in [6, 6.07) is 5.87. The first-order valence-corrected chi connectivity index (χ1v) is 5.98. The number of carboxylic acids is 1. The number of carboxylic acid groups (broad SMARTS) is 1. The molecule has 1 fully saturated rings. The number of likely N-dealkylation sites (tertiary alicyclic amines) is 1. The standard InChI is InChI=1S/C13H16FNO3/c14-11-1-3-12(4-2-11)18-8-7-15-6-5-10(9-15)13(16)17/h1-4,10H,5-9H2,(H,16,17)/t10-/m0/s1. The molecular weight excluding hydrogens is 237 g/mol. The number of hydrogen-bond donors (Lipinski definition) is 1. The summed E-state index contributed by atoms with van der Waals surface area (Å²) in [4.78, 5) is 12.9. The third-order valence-electron chi connectivity index (χ3n) is 3.11. The van der Waals surface area contributed by atoms with Crippen LogP contribution >= 0.6 is 0 Å². The Morgan fingerprint density at radius 1 is 1.44 bits per heavy atom. The Kier molecular flexibility index (Phi) is 4.15. The molecule has 1 aromatic rings. The van der Waals surface area contributed by atoms with Gasteiger partial charge in [0.05, 0.1) is 5.92 Å². The largest absolute Gasteiger partial charge is 0.492 e. The summed E-state index contributed by atoms with van der Waals surface area (Å²) in [6.45, 7) is 2.56. The van der Waals surface area contributed by atoms with E-state index >= 15 is 0 Å². The van der Waals surface area contributed by atoms with Crippen LogP contribution in [0.15, 0.2) is 24.3 Å². The van der Waals surface area contributed by atoms with Gasteiger partial charge in [0.1, 0.15) is 18.2 Å². The molecule has 0 aliphatic carbocycles. The second-order valence-corrected chi connectivity index (χ2v) is 4.43. The molecule has 1 aromatic carbocycles. The third kappa shape index (κ3) is 3.43. The maximum absolute atomic E-state index is 12.7. The summed E-state index contributed by atoms with van der Waals surface area (Å²) in [5.74, 6) is -0.635. The van der Waals surface area contributed by atoms with E-state index in [1.807, 2.05) is 0 Å². The number of benzene rings is 1. The van der Waals surface area contributed by atoms with E-state index in [0.717, 1.165) is 6.54 Å². The predicted octanol–water partition coefficient (Wildman–Crippen LogP) is 1.61. The minimum absolute atomic E-state index is 0.254. The normalized spacial score (nSPS) is 19.9. The monoisotopic (exact) mass is 253 g/mol. The minimum atomic E-state index is -0.725. The molecule has 1 aliphatic rings. The SMILES string of the molecule is O=C(O)[C@H]1CCN(CCOc2ccc(F)cc2)C1. The number of ether oxygens (including phenoxy) is 1. The molecule has 1 atom stereocenters. The predicted molar refractivity (Wildman–Crippen MR) is 64.1 cm³/mol. The molecule has 0 amide bonds. The zero-order chi connectivity index (χ0) is 13.0. The fraction of sp³-hybridized carbons (Fsp3) is 0.462. The summed E-state index contributed by atoms with van der Waals surface area (Å²) in [6.07, 6.45) is 0.700. The maximum Gasteiger partial charge on any atom is 0.307 e. The van der Waals surface area contributed by atoms with Crippen molar-refractivity contribution >= 4 is 5.97 Å². The van der Waals surface area contributed by atoms with Crippen LogP contribution in [0.5, 0.6) is 5.75 Å². The lowest BCUT2D eigenvalue weighted by Gasteiger charge is -2.15. The van der Waals surface area contributed by atoms with Gasteiger partial charge in [0.15, 0.2) is 0 Å². The van der Waals surface area contributed by atoms with Crippen molar-refractivity contribution in [1.29, 1.82) is 0 Å². The quantitative estimate of drug-likeness (QED) is 0.866. The number of carbonyl (C=O) groups is 1. The number of halogens is 1. The van der Waals surface area contributed by atoms with Gasteiger partial charge in [-0.2, -0.15) is 0 Å². The molecule has 0 unspecified atom stereocenters. The molecule has 4 nitrogen and oxygen atoms in total. The summed E-state index contributed by atoms with van der Waals surface area (Å²) in [5.41, 5.74) is 0. The molecule has 1 heterocycles. The van der Waals surface area contributed by atoms with Gasteiger partial charge in [0.25, 0.3) is 0 Å². The lowest BCUT2D eigenvalue weighted by atomic mass is 10.1. The fourth-order valence-corrected chi connectivity index (χ4v) is 2.06. The first-order chi connectivity index (χ1) is 8.65. The Bertz CT molecular complexity index is 407. The summed E-state index contributed by atoms with van der Waals surface area (Å²) in [5, 5.41) is 8.87. The van der Waals surface area contributed by atoms with Crippen LogP contribution in [0.4, 0.5) is 4.39 Å². The Labute approximate surface area is 105 Å². The highest BCUT2D eigenvalue weighted by Gasteiger charge is 2.27. The van der Waals surface area contributed by atoms with Crippen molar-refractivity contribution < 1.29 is 19.0 Å². The van der Waals surface area contributed by atoms with Crippen molar-refractivity contribution in [1.82, 2.24) is 4.90 Å². The smallest absolute Gasteiger partial charge is 0.307 e. The van der Waals surface area contributed by atoms with Crippen molar-refractivity contribution in [3.63, 3.8) is 0 Å². The van der Waals surface area contributed by atoms with E-state index < -0.39 is 5.97 Å². The molecule has 98 valence electrons. The van der Waals surface area contributed by atoms with Crippen LogP contribution in [-0.4, -0.2) is 42.2 Å². The average Bonchev–Trinajstić information content (AvgIpc) is 2.81. The minimum Gasteiger partial charge on any atom is -0.492 e. The van der Waals surface area contributed by atoms with E-state index in [-0.39, 0.29) is 11.7 Å². The van der Waals surface area contributed by atoms with Gasteiger partial charge < -0.3 is 9.84 Å². The van der Waals surface area contributed by atoms with Crippen LogP contribution in [0.1, 0.15) is 6.42 Å².